The minimum Gasteiger partial charge on any atom is -0.493 e. The Kier molecular flexibility index (Phi) is 4.80. The van der Waals surface area contributed by atoms with Crippen LogP contribution in [0.25, 0.3) is 10.8 Å². The molecule has 0 aliphatic heterocycles. The molecular weight excluding hydrogens is 324 g/mol. The van der Waals surface area contributed by atoms with Crippen LogP contribution in [0.4, 0.5) is 0 Å². The third-order valence-corrected chi connectivity index (χ3v) is 6.37. The Morgan fingerprint density at radius 3 is 2.42 bits per heavy atom. The summed E-state index contributed by atoms with van der Waals surface area (Å²) >= 11 is 0. The molecule has 1 aliphatic rings. The SMILES string of the molecule is CCOc1ccc(S(=O)(=O)NC2(CN)CCCC2)c2ccccc12. The predicted molar refractivity (Wildman–Crippen MR) is 95.7 cm³/mol. The van der Waals surface area contributed by atoms with Gasteiger partial charge in [-0.05, 0) is 31.9 Å². The van der Waals surface area contributed by atoms with Crippen LogP contribution in [-0.2, 0) is 10.0 Å². The first-order valence-electron chi connectivity index (χ1n) is 8.40. The van der Waals surface area contributed by atoms with Gasteiger partial charge in [0, 0.05) is 22.9 Å². The van der Waals surface area contributed by atoms with Crippen LogP contribution in [0.15, 0.2) is 41.3 Å². The lowest BCUT2D eigenvalue weighted by atomic mass is 10.0. The van der Waals surface area contributed by atoms with E-state index in [2.05, 4.69) is 4.72 Å². The van der Waals surface area contributed by atoms with E-state index in [1.807, 2.05) is 31.2 Å². The maximum atomic E-state index is 13.0. The lowest BCUT2D eigenvalue weighted by molar-refractivity contribution is 0.344. The number of fused-ring (bicyclic) bond motifs is 1. The minimum absolute atomic E-state index is 0.279. The molecule has 0 heterocycles. The summed E-state index contributed by atoms with van der Waals surface area (Å²) in [6.07, 6.45) is 3.59. The molecule has 1 fully saturated rings. The monoisotopic (exact) mass is 348 g/mol. The van der Waals surface area contributed by atoms with E-state index in [9.17, 15) is 8.42 Å². The summed E-state index contributed by atoms with van der Waals surface area (Å²) in [6, 6.07) is 10.8. The van der Waals surface area contributed by atoms with Gasteiger partial charge in [-0.25, -0.2) is 13.1 Å². The van der Waals surface area contributed by atoms with E-state index >= 15 is 0 Å². The van der Waals surface area contributed by atoms with E-state index in [-0.39, 0.29) is 4.90 Å². The Bertz CT molecular complexity index is 827. The van der Waals surface area contributed by atoms with Gasteiger partial charge in [0.15, 0.2) is 0 Å². The molecule has 5 nitrogen and oxygen atoms in total. The van der Waals surface area contributed by atoms with Gasteiger partial charge in [-0.1, -0.05) is 37.1 Å². The minimum atomic E-state index is -3.66. The first-order chi connectivity index (χ1) is 11.5. The zero-order valence-electron chi connectivity index (χ0n) is 13.9. The van der Waals surface area contributed by atoms with E-state index in [1.165, 1.54) is 0 Å². The molecule has 0 radical (unpaired) electrons. The lowest BCUT2D eigenvalue weighted by Crippen LogP contribution is -2.51. The molecule has 1 aliphatic carbocycles. The second kappa shape index (κ2) is 6.70. The van der Waals surface area contributed by atoms with Crippen LogP contribution in [0.5, 0.6) is 5.75 Å². The molecule has 130 valence electrons. The maximum absolute atomic E-state index is 13.0. The standard InChI is InChI=1S/C18H24N2O3S/c1-2-23-16-9-10-17(15-8-4-3-7-14(15)16)24(21,22)20-18(13-19)11-5-6-12-18/h3-4,7-10,20H,2,5-6,11-13,19H2,1H3. The van der Waals surface area contributed by atoms with Gasteiger partial charge in [-0.2, -0.15) is 0 Å². The van der Waals surface area contributed by atoms with Crippen molar-refractivity contribution in [3.8, 4) is 5.75 Å². The van der Waals surface area contributed by atoms with Crippen molar-refractivity contribution in [3.05, 3.63) is 36.4 Å². The molecular formula is C18H24N2O3S. The van der Waals surface area contributed by atoms with Gasteiger partial charge in [-0.3, -0.25) is 0 Å². The van der Waals surface area contributed by atoms with E-state index in [1.54, 1.807) is 12.1 Å². The highest BCUT2D eigenvalue weighted by Crippen LogP contribution is 2.34. The highest BCUT2D eigenvalue weighted by atomic mass is 32.2. The number of hydrogen-bond acceptors (Lipinski definition) is 4. The average Bonchev–Trinajstić information content (AvgIpc) is 3.03. The van der Waals surface area contributed by atoms with Gasteiger partial charge < -0.3 is 10.5 Å². The Morgan fingerprint density at radius 1 is 1.12 bits per heavy atom. The van der Waals surface area contributed by atoms with Crippen LogP contribution in [0.1, 0.15) is 32.6 Å². The molecule has 2 aromatic carbocycles. The van der Waals surface area contributed by atoms with Gasteiger partial charge in [0.25, 0.3) is 0 Å². The molecule has 2 aromatic rings. The van der Waals surface area contributed by atoms with Crippen LogP contribution >= 0.6 is 0 Å². The quantitative estimate of drug-likeness (QED) is 0.841. The van der Waals surface area contributed by atoms with E-state index in [4.69, 9.17) is 10.5 Å². The number of hydrogen-bond donors (Lipinski definition) is 2. The third-order valence-electron chi connectivity index (χ3n) is 4.74. The number of nitrogens with one attached hydrogen (secondary N) is 1. The molecule has 0 bridgehead atoms. The normalized spacial score (nSPS) is 17.2. The molecule has 6 heteroatoms. The zero-order valence-corrected chi connectivity index (χ0v) is 14.7. The van der Waals surface area contributed by atoms with Crippen LogP contribution in [-0.4, -0.2) is 27.1 Å². The van der Waals surface area contributed by atoms with Crippen LogP contribution in [0, 0.1) is 0 Å². The van der Waals surface area contributed by atoms with E-state index in [0.29, 0.717) is 24.3 Å². The number of ether oxygens (including phenoxy) is 1. The molecule has 1 saturated carbocycles. The third kappa shape index (κ3) is 3.14. The fourth-order valence-corrected chi connectivity index (χ4v) is 5.18. The van der Waals surface area contributed by atoms with Crippen molar-refractivity contribution in [2.45, 2.75) is 43.0 Å². The lowest BCUT2D eigenvalue weighted by Gasteiger charge is -2.28. The van der Waals surface area contributed by atoms with E-state index in [0.717, 1.165) is 31.1 Å². The Morgan fingerprint density at radius 2 is 1.79 bits per heavy atom. The second-order valence-electron chi connectivity index (χ2n) is 6.34. The highest BCUT2D eigenvalue weighted by molar-refractivity contribution is 7.89. The summed E-state index contributed by atoms with van der Waals surface area (Å²) in [4.78, 5) is 0.279. The second-order valence-corrected chi connectivity index (χ2v) is 7.99. The largest absolute Gasteiger partial charge is 0.493 e. The highest BCUT2D eigenvalue weighted by Gasteiger charge is 2.37. The Labute approximate surface area is 143 Å². The molecule has 0 saturated heterocycles. The number of benzene rings is 2. The summed E-state index contributed by atoms with van der Waals surface area (Å²) in [7, 11) is -3.66. The fraction of sp³-hybridized carbons (Fsp3) is 0.444. The van der Waals surface area contributed by atoms with Crippen molar-refractivity contribution in [1.82, 2.24) is 4.72 Å². The summed E-state index contributed by atoms with van der Waals surface area (Å²) in [5.74, 6) is 0.696. The summed E-state index contributed by atoms with van der Waals surface area (Å²) in [5.41, 5.74) is 5.37. The molecule has 0 aromatic heterocycles. The first kappa shape index (κ1) is 17.2. The van der Waals surface area contributed by atoms with Gasteiger partial charge in [0.05, 0.1) is 11.5 Å². The number of rotatable bonds is 6. The van der Waals surface area contributed by atoms with Crippen molar-refractivity contribution in [3.63, 3.8) is 0 Å². The molecule has 0 unspecified atom stereocenters. The summed E-state index contributed by atoms with van der Waals surface area (Å²) in [5, 5.41) is 1.47. The van der Waals surface area contributed by atoms with Gasteiger partial charge in [0.1, 0.15) is 5.75 Å². The maximum Gasteiger partial charge on any atom is 0.241 e. The van der Waals surface area contributed by atoms with Crippen LogP contribution in [0.3, 0.4) is 0 Å². The smallest absolute Gasteiger partial charge is 0.241 e. The first-order valence-corrected chi connectivity index (χ1v) is 9.88. The van der Waals surface area contributed by atoms with Crippen LogP contribution in [0.2, 0.25) is 0 Å². The zero-order chi connectivity index (χ0) is 17.2. The molecule has 0 amide bonds. The van der Waals surface area contributed by atoms with Crippen molar-refractivity contribution in [2.24, 2.45) is 5.73 Å². The Hall–Kier alpha value is -1.63. The predicted octanol–water partition coefficient (Wildman–Crippen LogP) is 2.79. The van der Waals surface area contributed by atoms with Crippen molar-refractivity contribution >= 4 is 20.8 Å². The van der Waals surface area contributed by atoms with Crippen molar-refractivity contribution < 1.29 is 13.2 Å². The average molecular weight is 348 g/mol. The fourth-order valence-electron chi connectivity index (χ4n) is 3.50. The molecule has 0 spiro atoms. The molecule has 3 rings (SSSR count). The topological polar surface area (TPSA) is 81.4 Å². The number of nitrogens with two attached hydrogens (primary N) is 1. The molecule has 3 N–H and O–H groups in total. The van der Waals surface area contributed by atoms with Gasteiger partial charge in [-0.15, -0.1) is 0 Å². The Balaban J connectivity index is 2.07. The molecule has 0 atom stereocenters. The van der Waals surface area contributed by atoms with Crippen molar-refractivity contribution in [2.75, 3.05) is 13.2 Å². The molecule has 24 heavy (non-hydrogen) atoms. The number of sulfonamides is 1. The van der Waals surface area contributed by atoms with Gasteiger partial charge in [0.2, 0.25) is 10.0 Å². The van der Waals surface area contributed by atoms with Crippen molar-refractivity contribution in [1.29, 1.82) is 0 Å². The van der Waals surface area contributed by atoms with E-state index < -0.39 is 15.6 Å². The summed E-state index contributed by atoms with van der Waals surface area (Å²) < 4.78 is 34.6. The van der Waals surface area contributed by atoms with Gasteiger partial charge >= 0.3 is 0 Å². The van der Waals surface area contributed by atoms with Crippen LogP contribution < -0.4 is 15.2 Å². The summed E-state index contributed by atoms with van der Waals surface area (Å²) in [6.45, 7) is 2.76.